The van der Waals surface area contributed by atoms with Crippen molar-refractivity contribution in [3.8, 4) is 28.4 Å². The SMILES string of the molecule is COc1cc(/C=N/NC(=O)c2ccc(O)c(Cl)c2)cc(-c2ccccc2)c1OCCNCC(O)c1ccccc1. The predicted octanol–water partition coefficient (Wildman–Crippen LogP) is 5.19. The molecule has 9 heteroatoms. The minimum Gasteiger partial charge on any atom is -0.506 e. The summed E-state index contributed by atoms with van der Waals surface area (Å²) in [6.07, 6.45) is 0.895. The first-order chi connectivity index (χ1) is 19.5. The molecule has 0 aliphatic heterocycles. The number of carbonyl (C=O) groups is 1. The van der Waals surface area contributed by atoms with Gasteiger partial charge in [-0.1, -0.05) is 72.3 Å². The van der Waals surface area contributed by atoms with E-state index in [1.165, 1.54) is 24.4 Å². The Morgan fingerprint density at radius 1 is 1.02 bits per heavy atom. The minimum absolute atomic E-state index is 0.0760. The van der Waals surface area contributed by atoms with Crippen LogP contribution >= 0.6 is 11.6 Å². The Kier molecular flexibility index (Phi) is 10.1. The fourth-order valence-corrected chi connectivity index (χ4v) is 4.15. The fourth-order valence-electron chi connectivity index (χ4n) is 3.97. The largest absolute Gasteiger partial charge is 0.506 e. The quantitative estimate of drug-likeness (QED) is 0.108. The summed E-state index contributed by atoms with van der Waals surface area (Å²) in [5, 5.41) is 27.3. The van der Waals surface area contributed by atoms with Gasteiger partial charge in [-0.2, -0.15) is 5.10 Å². The van der Waals surface area contributed by atoms with Gasteiger partial charge in [-0.25, -0.2) is 5.43 Å². The van der Waals surface area contributed by atoms with Crippen LogP contribution in [0.15, 0.2) is 96.1 Å². The Labute approximate surface area is 237 Å². The second-order valence-corrected chi connectivity index (χ2v) is 9.22. The maximum absolute atomic E-state index is 12.4. The number of aliphatic hydroxyl groups is 1. The van der Waals surface area contributed by atoms with Gasteiger partial charge in [-0.05, 0) is 47.0 Å². The molecule has 0 saturated carbocycles. The van der Waals surface area contributed by atoms with E-state index >= 15 is 0 Å². The van der Waals surface area contributed by atoms with Crippen LogP contribution in [0.2, 0.25) is 5.02 Å². The van der Waals surface area contributed by atoms with Crippen molar-refractivity contribution in [3.63, 3.8) is 0 Å². The van der Waals surface area contributed by atoms with E-state index in [1.807, 2.05) is 66.7 Å². The third-order valence-electron chi connectivity index (χ3n) is 6.02. The van der Waals surface area contributed by atoms with Crippen molar-refractivity contribution < 1.29 is 24.5 Å². The molecule has 40 heavy (non-hydrogen) atoms. The number of nitrogens with zero attached hydrogens (tertiary/aromatic N) is 1. The molecule has 4 N–H and O–H groups in total. The zero-order chi connectivity index (χ0) is 28.3. The number of halogens is 1. The first-order valence-electron chi connectivity index (χ1n) is 12.6. The Morgan fingerprint density at radius 2 is 1.75 bits per heavy atom. The van der Waals surface area contributed by atoms with Crippen LogP contribution < -0.4 is 20.2 Å². The molecule has 8 nitrogen and oxygen atoms in total. The number of carbonyl (C=O) groups excluding carboxylic acids is 1. The first-order valence-corrected chi connectivity index (χ1v) is 13.0. The normalized spacial score (nSPS) is 11.8. The molecule has 4 aromatic rings. The smallest absolute Gasteiger partial charge is 0.271 e. The number of amides is 1. The lowest BCUT2D eigenvalue weighted by Crippen LogP contribution is -2.26. The molecule has 0 aromatic heterocycles. The average molecular weight is 560 g/mol. The number of hydrogen-bond acceptors (Lipinski definition) is 7. The van der Waals surface area contributed by atoms with Crippen molar-refractivity contribution in [2.24, 2.45) is 5.10 Å². The summed E-state index contributed by atoms with van der Waals surface area (Å²) in [4.78, 5) is 12.4. The third kappa shape index (κ3) is 7.60. The van der Waals surface area contributed by atoms with Gasteiger partial charge in [-0.3, -0.25) is 4.79 Å². The van der Waals surface area contributed by atoms with Crippen LogP contribution in [-0.4, -0.2) is 49.1 Å². The first kappa shape index (κ1) is 28.6. The number of methoxy groups -OCH3 is 1. The Bertz CT molecular complexity index is 1450. The number of phenols is 1. The number of rotatable bonds is 12. The van der Waals surface area contributed by atoms with Crippen LogP contribution in [0.1, 0.15) is 27.6 Å². The average Bonchev–Trinajstić information content (AvgIpc) is 2.99. The van der Waals surface area contributed by atoms with Crippen molar-refractivity contribution in [1.82, 2.24) is 10.7 Å². The van der Waals surface area contributed by atoms with Crippen LogP contribution in [0, 0.1) is 0 Å². The highest BCUT2D eigenvalue weighted by Gasteiger charge is 2.15. The number of hydrazone groups is 1. The lowest BCUT2D eigenvalue weighted by molar-refractivity contribution is 0.0955. The molecular formula is C31H30ClN3O5. The minimum atomic E-state index is -0.610. The third-order valence-corrected chi connectivity index (χ3v) is 6.32. The molecule has 206 valence electrons. The van der Waals surface area contributed by atoms with Gasteiger partial charge in [0.1, 0.15) is 12.4 Å². The zero-order valence-electron chi connectivity index (χ0n) is 21.9. The number of nitrogens with one attached hydrogen (secondary N) is 2. The number of phenolic OH excluding ortho intramolecular Hbond substituents is 1. The van der Waals surface area contributed by atoms with E-state index in [9.17, 15) is 15.0 Å². The molecule has 0 aliphatic carbocycles. The number of aliphatic hydroxyl groups excluding tert-OH is 1. The number of benzene rings is 4. The van der Waals surface area contributed by atoms with E-state index in [2.05, 4.69) is 15.8 Å². The van der Waals surface area contributed by atoms with Gasteiger partial charge in [0.2, 0.25) is 0 Å². The van der Waals surface area contributed by atoms with E-state index in [0.717, 1.165) is 16.7 Å². The molecule has 4 rings (SSSR count). The fraction of sp³-hybridized carbons (Fsp3) is 0.161. The maximum atomic E-state index is 12.4. The second-order valence-electron chi connectivity index (χ2n) is 8.81. The zero-order valence-corrected chi connectivity index (χ0v) is 22.6. The number of hydrogen-bond donors (Lipinski definition) is 4. The summed E-state index contributed by atoms with van der Waals surface area (Å²) in [6, 6.07) is 27.0. The van der Waals surface area contributed by atoms with Crippen LogP contribution in [0.4, 0.5) is 0 Å². The van der Waals surface area contributed by atoms with Crippen LogP contribution in [-0.2, 0) is 0 Å². The van der Waals surface area contributed by atoms with E-state index in [0.29, 0.717) is 36.8 Å². The molecular weight excluding hydrogens is 530 g/mol. The van der Waals surface area contributed by atoms with Gasteiger partial charge in [0.05, 0.1) is 24.5 Å². The Balaban J connectivity index is 1.46. The van der Waals surface area contributed by atoms with E-state index in [-0.39, 0.29) is 16.3 Å². The molecule has 0 radical (unpaired) electrons. The van der Waals surface area contributed by atoms with Gasteiger partial charge >= 0.3 is 0 Å². The predicted molar refractivity (Wildman–Crippen MR) is 156 cm³/mol. The van der Waals surface area contributed by atoms with Gasteiger partial charge in [0, 0.05) is 24.2 Å². The highest BCUT2D eigenvalue weighted by Crippen LogP contribution is 2.39. The van der Waals surface area contributed by atoms with Crippen molar-refractivity contribution in [2.75, 3.05) is 26.8 Å². The van der Waals surface area contributed by atoms with E-state index < -0.39 is 12.0 Å². The van der Waals surface area contributed by atoms with Gasteiger partial charge < -0.3 is 25.0 Å². The summed E-state index contributed by atoms with van der Waals surface area (Å²) in [5.74, 6) is 0.492. The summed E-state index contributed by atoms with van der Waals surface area (Å²) in [5.41, 5.74) is 5.96. The van der Waals surface area contributed by atoms with Gasteiger partial charge in [0.25, 0.3) is 5.91 Å². The highest BCUT2D eigenvalue weighted by atomic mass is 35.5. The lowest BCUT2D eigenvalue weighted by atomic mass is 10.0. The molecule has 0 heterocycles. The van der Waals surface area contributed by atoms with Crippen molar-refractivity contribution in [2.45, 2.75) is 6.10 Å². The van der Waals surface area contributed by atoms with Crippen molar-refractivity contribution in [3.05, 3.63) is 113 Å². The standard InChI is InChI=1S/C31H30ClN3O5/c1-39-29-17-21(19-34-35-31(38)24-12-13-27(36)26(32)18-24)16-25(22-8-4-2-5-9-22)30(29)40-15-14-33-20-28(37)23-10-6-3-7-11-23/h2-13,16-19,28,33,36-37H,14-15,20H2,1H3,(H,35,38)/b34-19+. The van der Waals surface area contributed by atoms with Crippen LogP contribution in [0.25, 0.3) is 11.1 Å². The van der Waals surface area contributed by atoms with Crippen LogP contribution in [0.5, 0.6) is 17.2 Å². The molecule has 1 amide bonds. The summed E-state index contributed by atoms with van der Waals surface area (Å²) < 4.78 is 11.8. The van der Waals surface area contributed by atoms with Crippen molar-refractivity contribution in [1.29, 1.82) is 0 Å². The van der Waals surface area contributed by atoms with Crippen LogP contribution in [0.3, 0.4) is 0 Å². The molecule has 0 fully saturated rings. The summed E-state index contributed by atoms with van der Waals surface area (Å²) in [7, 11) is 1.56. The van der Waals surface area contributed by atoms with Gasteiger partial charge in [-0.15, -0.1) is 0 Å². The highest BCUT2D eigenvalue weighted by molar-refractivity contribution is 6.32. The topological polar surface area (TPSA) is 112 Å². The number of ether oxygens (including phenoxy) is 2. The molecule has 1 atom stereocenters. The number of aromatic hydroxyl groups is 1. The van der Waals surface area contributed by atoms with E-state index in [1.54, 1.807) is 13.2 Å². The maximum Gasteiger partial charge on any atom is 0.271 e. The Hall–Kier alpha value is -4.37. The lowest BCUT2D eigenvalue weighted by Gasteiger charge is -2.17. The van der Waals surface area contributed by atoms with Gasteiger partial charge in [0.15, 0.2) is 11.5 Å². The molecule has 0 bridgehead atoms. The molecule has 0 spiro atoms. The monoisotopic (exact) mass is 559 g/mol. The molecule has 0 aliphatic rings. The van der Waals surface area contributed by atoms with E-state index in [4.69, 9.17) is 21.1 Å². The second kappa shape index (κ2) is 14.1. The van der Waals surface area contributed by atoms with Crippen molar-refractivity contribution >= 4 is 23.7 Å². The molecule has 0 saturated heterocycles. The summed E-state index contributed by atoms with van der Waals surface area (Å²) >= 11 is 5.90. The molecule has 1 unspecified atom stereocenters. The molecule has 4 aromatic carbocycles. The summed E-state index contributed by atoms with van der Waals surface area (Å²) in [6.45, 7) is 1.25. The Morgan fingerprint density at radius 3 is 2.45 bits per heavy atom.